The molecule has 0 saturated heterocycles. The maximum Gasteiger partial charge on any atom is 0.348 e. The highest BCUT2D eigenvalue weighted by atomic mass is 16.1. The Bertz CT molecular complexity index is 719. The number of nitrogens with zero attached hydrogens (tertiary/aromatic N) is 2. The summed E-state index contributed by atoms with van der Waals surface area (Å²) in [5.41, 5.74) is 4.03. The molecule has 0 bridgehead atoms. The van der Waals surface area contributed by atoms with Gasteiger partial charge in [-0.3, -0.25) is 10.8 Å². The highest BCUT2D eigenvalue weighted by Gasteiger charge is 2.01. The summed E-state index contributed by atoms with van der Waals surface area (Å²) in [4.78, 5) is 13.9. The molecule has 3 aromatic rings. The molecule has 0 aliphatic heterocycles. The lowest BCUT2D eigenvalue weighted by Crippen LogP contribution is -2.15. The van der Waals surface area contributed by atoms with Crippen molar-refractivity contribution in [1.29, 1.82) is 0 Å². The molecule has 0 spiro atoms. The first-order chi connectivity index (χ1) is 10.2. The molecule has 0 aliphatic carbocycles. The van der Waals surface area contributed by atoms with Crippen LogP contribution >= 0.6 is 0 Å². The number of aromatic nitrogens is 3. The van der Waals surface area contributed by atoms with Crippen molar-refractivity contribution >= 4 is 5.69 Å². The Morgan fingerprint density at radius 3 is 2.05 bits per heavy atom. The van der Waals surface area contributed by atoms with E-state index in [2.05, 4.69) is 15.5 Å². The zero-order chi connectivity index (χ0) is 15.1. The molecule has 1 aromatic heterocycles. The number of benzene rings is 2. The number of rotatable bonds is 2. The van der Waals surface area contributed by atoms with Gasteiger partial charge in [-0.1, -0.05) is 36.4 Å². The third kappa shape index (κ3) is 4.05. The number of para-hydroxylation sites is 2. The van der Waals surface area contributed by atoms with Crippen LogP contribution in [0, 0.1) is 6.92 Å². The molecule has 3 rings (SSSR count). The molecule has 4 N–H and O–H groups in total. The van der Waals surface area contributed by atoms with Crippen molar-refractivity contribution in [2.45, 2.75) is 6.92 Å². The zero-order valence-electron chi connectivity index (χ0n) is 11.7. The van der Waals surface area contributed by atoms with Crippen LogP contribution in [0.5, 0.6) is 0 Å². The van der Waals surface area contributed by atoms with Gasteiger partial charge in [0.15, 0.2) is 0 Å². The summed E-state index contributed by atoms with van der Waals surface area (Å²) in [5, 5.41) is 4.03. The minimum atomic E-state index is -0.205. The quantitative estimate of drug-likeness (QED) is 0.494. The molecule has 6 heteroatoms. The Morgan fingerprint density at radius 1 is 1.05 bits per heavy atom. The molecule has 0 aliphatic rings. The first-order valence-corrected chi connectivity index (χ1v) is 6.43. The largest absolute Gasteiger partial charge is 0.348 e. The molecule has 0 saturated carbocycles. The topological polar surface area (TPSA) is 88.7 Å². The van der Waals surface area contributed by atoms with Crippen molar-refractivity contribution in [3.8, 4) is 5.69 Å². The van der Waals surface area contributed by atoms with Crippen LogP contribution < -0.4 is 17.0 Å². The van der Waals surface area contributed by atoms with Crippen molar-refractivity contribution in [2.24, 2.45) is 5.84 Å². The van der Waals surface area contributed by atoms with Crippen LogP contribution in [0.15, 0.2) is 65.5 Å². The molecule has 1 heterocycles. The Hall–Kier alpha value is -2.86. The van der Waals surface area contributed by atoms with Gasteiger partial charge in [0.25, 0.3) is 0 Å². The molecule has 0 atom stereocenters. The highest BCUT2D eigenvalue weighted by molar-refractivity contribution is 5.40. The summed E-state index contributed by atoms with van der Waals surface area (Å²) < 4.78 is 1.34. The number of hydrogen-bond acceptors (Lipinski definition) is 4. The van der Waals surface area contributed by atoms with Crippen molar-refractivity contribution < 1.29 is 0 Å². The number of anilines is 1. The molecule has 0 unspecified atom stereocenters. The second-order valence-corrected chi connectivity index (χ2v) is 4.27. The SMILES string of the molecule is Cc1nn(-c2ccccc2)c(=O)[nH]1.NNc1ccccc1. The summed E-state index contributed by atoms with van der Waals surface area (Å²) >= 11 is 0. The number of H-pyrrole nitrogens is 1. The van der Waals surface area contributed by atoms with E-state index < -0.39 is 0 Å². The Labute approximate surface area is 122 Å². The second kappa shape index (κ2) is 7.06. The average molecular weight is 283 g/mol. The van der Waals surface area contributed by atoms with Crippen molar-refractivity contribution in [1.82, 2.24) is 14.8 Å². The smallest absolute Gasteiger partial charge is 0.324 e. The van der Waals surface area contributed by atoms with Gasteiger partial charge in [-0.25, -0.2) is 4.79 Å². The Balaban J connectivity index is 0.000000173. The maximum atomic E-state index is 11.3. The number of nitrogens with two attached hydrogens (primary N) is 1. The number of hydrogen-bond donors (Lipinski definition) is 3. The predicted octanol–water partition coefficient (Wildman–Crippen LogP) is 1.84. The van der Waals surface area contributed by atoms with Crippen LogP contribution in [0.3, 0.4) is 0 Å². The summed E-state index contributed by atoms with van der Waals surface area (Å²) in [7, 11) is 0. The molecule has 0 amide bonds. The summed E-state index contributed by atoms with van der Waals surface area (Å²) in [6, 6.07) is 18.9. The number of nitrogens with one attached hydrogen (secondary N) is 2. The number of nitrogen functional groups attached to an aromatic ring is 1. The third-order valence-corrected chi connectivity index (χ3v) is 2.67. The van der Waals surface area contributed by atoms with E-state index in [1.807, 2.05) is 60.7 Å². The van der Waals surface area contributed by atoms with Gasteiger partial charge in [0.05, 0.1) is 5.69 Å². The van der Waals surface area contributed by atoms with Gasteiger partial charge in [0.2, 0.25) is 0 Å². The summed E-state index contributed by atoms with van der Waals surface area (Å²) in [6.07, 6.45) is 0. The monoisotopic (exact) mass is 283 g/mol. The summed E-state index contributed by atoms with van der Waals surface area (Å²) in [5.74, 6) is 5.72. The van der Waals surface area contributed by atoms with Gasteiger partial charge in [-0.2, -0.15) is 9.78 Å². The molecule has 6 nitrogen and oxygen atoms in total. The van der Waals surface area contributed by atoms with Crippen LogP contribution in [-0.4, -0.2) is 14.8 Å². The van der Waals surface area contributed by atoms with E-state index in [9.17, 15) is 4.79 Å². The van der Waals surface area contributed by atoms with E-state index in [1.165, 1.54) is 4.68 Å². The van der Waals surface area contributed by atoms with E-state index in [0.29, 0.717) is 5.82 Å². The lowest BCUT2D eigenvalue weighted by atomic mass is 10.3. The molecular formula is C15H17N5O. The van der Waals surface area contributed by atoms with E-state index in [4.69, 9.17) is 5.84 Å². The van der Waals surface area contributed by atoms with Gasteiger partial charge in [-0.05, 0) is 31.2 Å². The van der Waals surface area contributed by atoms with E-state index in [1.54, 1.807) is 6.92 Å². The molecule has 2 aromatic carbocycles. The number of aromatic amines is 1. The first kappa shape index (κ1) is 14.5. The highest BCUT2D eigenvalue weighted by Crippen LogP contribution is 2.01. The minimum absolute atomic E-state index is 0.205. The van der Waals surface area contributed by atoms with Crippen molar-refractivity contribution in [3.05, 3.63) is 77.0 Å². The molecule has 0 fully saturated rings. The van der Waals surface area contributed by atoms with Crippen LogP contribution in [0.4, 0.5) is 5.69 Å². The fourth-order valence-corrected chi connectivity index (χ4v) is 1.71. The van der Waals surface area contributed by atoms with E-state index in [0.717, 1.165) is 11.4 Å². The van der Waals surface area contributed by atoms with E-state index >= 15 is 0 Å². The van der Waals surface area contributed by atoms with Crippen molar-refractivity contribution in [2.75, 3.05) is 5.43 Å². The first-order valence-electron chi connectivity index (χ1n) is 6.43. The second-order valence-electron chi connectivity index (χ2n) is 4.27. The lowest BCUT2D eigenvalue weighted by Gasteiger charge is -1.96. The van der Waals surface area contributed by atoms with E-state index in [-0.39, 0.29) is 5.69 Å². The van der Waals surface area contributed by atoms with Gasteiger partial charge < -0.3 is 5.43 Å². The van der Waals surface area contributed by atoms with Crippen molar-refractivity contribution in [3.63, 3.8) is 0 Å². The Kier molecular flexibility index (Phi) is 4.89. The maximum absolute atomic E-state index is 11.3. The number of hydrazine groups is 1. The Morgan fingerprint density at radius 2 is 1.62 bits per heavy atom. The van der Waals surface area contributed by atoms with Crippen LogP contribution in [-0.2, 0) is 0 Å². The van der Waals surface area contributed by atoms with Crippen LogP contribution in [0.2, 0.25) is 0 Å². The zero-order valence-corrected chi connectivity index (χ0v) is 11.7. The predicted molar refractivity (Wildman–Crippen MR) is 83.2 cm³/mol. The fraction of sp³-hybridized carbons (Fsp3) is 0.0667. The van der Waals surface area contributed by atoms with Crippen LogP contribution in [0.1, 0.15) is 5.82 Å². The van der Waals surface area contributed by atoms with Gasteiger partial charge >= 0.3 is 5.69 Å². The number of aryl methyl sites for hydroxylation is 1. The normalized spacial score (nSPS) is 9.62. The molecule has 21 heavy (non-hydrogen) atoms. The standard InChI is InChI=1S/C9H9N3O.C6H8N2/c1-7-10-9(13)12(11-7)8-5-3-2-4-6-8;7-8-6-4-2-1-3-5-6/h2-6H,1H3,(H,10,11,13);1-5,8H,7H2. The third-order valence-electron chi connectivity index (χ3n) is 2.67. The lowest BCUT2D eigenvalue weighted by molar-refractivity contribution is 0.833. The van der Waals surface area contributed by atoms with Gasteiger partial charge in [0.1, 0.15) is 5.82 Å². The molecular weight excluding hydrogens is 266 g/mol. The van der Waals surface area contributed by atoms with Gasteiger partial charge in [0, 0.05) is 5.69 Å². The van der Waals surface area contributed by atoms with Gasteiger partial charge in [-0.15, -0.1) is 0 Å². The fourth-order valence-electron chi connectivity index (χ4n) is 1.71. The minimum Gasteiger partial charge on any atom is -0.324 e. The molecule has 108 valence electrons. The molecule has 0 radical (unpaired) electrons. The summed E-state index contributed by atoms with van der Waals surface area (Å²) in [6.45, 7) is 1.75. The average Bonchev–Trinajstić information content (AvgIpc) is 2.88. The van der Waals surface area contributed by atoms with Crippen LogP contribution in [0.25, 0.3) is 5.69 Å².